The molecule has 3 nitrogen and oxygen atoms in total. The van der Waals surface area contributed by atoms with E-state index >= 15 is 0 Å². The van der Waals surface area contributed by atoms with Gasteiger partial charge >= 0.3 is 0 Å². The summed E-state index contributed by atoms with van der Waals surface area (Å²) >= 11 is 15.7. The highest BCUT2D eigenvalue weighted by Crippen LogP contribution is 2.42. The third-order valence-corrected chi connectivity index (χ3v) is 6.51. The largest absolute Gasteiger partial charge is 0.244 e. The first-order valence-corrected chi connectivity index (χ1v) is 7.76. The first-order valence-electron chi connectivity index (χ1n) is 3.91. The fourth-order valence-electron chi connectivity index (χ4n) is 0.938. The van der Waals surface area contributed by atoms with E-state index in [2.05, 4.69) is 20.7 Å². The van der Waals surface area contributed by atoms with Crippen molar-refractivity contribution < 1.29 is 8.42 Å². The van der Waals surface area contributed by atoms with Gasteiger partial charge in [0.05, 0.1) is 4.47 Å². The van der Waals surface area contributed by atoms with Gasteiger partial charge in [0.25, 0.3) is 0 Å². The molecule has 1 aromatic heterocycles. The second kappa shape index (κ2) is 4.89. The molecule has 0 aliphatic heterocycles. The van der Waals surface area contributed by atoms with Crippen molar-refractivity contribution in [1.29, 1.82) is 0 Å². The number of halogens is 3. The lowest BCUT2D eigenvalue weighted by atomic mass is 10.4. The highest BCUT2D eigenvalue weighted by Gasteiger charge is 2.26. The second-order valence-electron chi connectivity index (χ2n) is 3.07. The average molecular weight is 353 g/mol. The van der Waals surface area contributed by atoms with E-state index < -0.39 is 10.0 Å². The molecule has 15 heavy (non-hydrogen) atoms. The standard InChI is InChI=1S/C7H8BrCl2NO2S2/c1-3(2)11-15(12,13)5-4(8)6(9)14-7(5)10/h3,11H,1-2H3. The maximum atomic E-state index is 11.8. The molecule has 1 N–H and O–H groups in total. The molecule has 0 aliphatic rings. The minimum atomic E-state index is -3.60. The Bertz CT molecular complexity index is 470. The van der Waals surface area contributed by atoms with E-state index in [1.165, 1.54) is 0 Å². The van der Waals surface area contributed by atoms with Crippen LogP contribution in [-0.2, 0) is 10.0 Å². The van der Waals surface area contributed by atoms with Crippen LogP contribution in [0, 0.1) is 0 Å². The normalized spacial score (nSPS) is 12.4. The predicted octanol–water partition coefficient (Wildman–Crippen LogP) is 3.50. The van der Waals surface area contributed by atoms with E-state index in [4.69, 9.17) is 23.2 Å². The Morgan fingerprint density at radius 3 is 2.20 bits per heavy atom. The average Bonchev–Trinajstić information content (AvgIpc) is 2.23. The SMILES string of the molecule is CC(C)NS(=O)(=O)c1c(Cl)sc(Cl)c1Br. The predicted molar refractivity (Wildman–Crippen MR) is 67.5 cm³/mol. The summed E-state index contributed by atoms with van der Waals surface area (Å²) in [6.07, 6.45) is 0. The number of hydrogen-bond donors (Lipinski definition) is 1. The topological polar surface area (TPSA) is 46.2 Å². The maximum Gasteiger partial charge on any atom is 0.244 e. The smallest absolute Gasteiger partial charge is 0.209 e. The molecular weight excluding hydrogens is 345 g/mol. The van der Waals surface area contributed by atoms with Gasteiger partial charge in [0, 0.05) is 6.04 Å². The summed E-state index contributed by atoms with van der Waals surface area (Å²) in [4.78, 5) is 0.00728. The summed E-state index contributed by atoms with van der Waals surface area (Å²) in [6.45, 7) is 3.46. The van der Waals surface area contributed by atoms with Crippen molar-refractivity contribution in [2.45, 2.75) is 24.8 Å². The van der Waals surface area contributed by atoms with E-state index in [-0.39, 0.29) is 15.3 Å². The van der Waals surface area contributed by atoms with E-state index in [0.29, 0.717) is 8.81 Å². The van der Waals surface area contributed by atoms with Gasteiger partial charge in [0.15, 0.2) is 0 Å². The van der Waals surface area contributed by atoms with E-state index in [1.807, 2.05) is 0 Å². The Morgan fingerprint density at radius 2 is 1.87 bits per heavy atom. The van der Waals surface area contributed by atoms with Gasteiger partial charge in [-0.25, -0.2) is 13.1 Å². The van der Waals surface area contributed by atoms with Gasteiger partial charge in [0.1, 0.15) is 13.6 Å². The van der Waals surface area contributed by atoms with Crippen molar-refractivity contribution in [3.05, 3.63) is 13.1 Å². The highest BCUT2D eigenvalue weighted by atomic mass is 79.9. The molecule has 86 valence electrons. The van der Waals surface area contributed by atoms with Crippen LogP contribution >= 0.6 is 50.5 Å². The van der Waals surface area contributed by atoms with Crippen LogP contribution in [0.4, 0.5) is 0 Å². The van der Waals surface area contributed by atoms with Gasteiger partial charge in [0.2, 0.25) is 10.0 Å². The van der Waals surface area contributed by atoms with Crippen LogP contribution in [0.3, 0.4) is 0 Å². The molecule has 0 saturated carbocycles. The summed E-state index contributed by atoms with van der Waals surface area (Å²) in [7, 11) is -3.60. The summed E-state index contributed by atoms with van der Waals surface area (Å²) in [5.74, 6) is 0. The summed E-state index contributed by atoms with van der Waals surface area (Å²) in [5.41, 5.74) is 0. The van der Waals surface area contributed by atoms with Crippen molar-refractivity contribution in [3.63, 3.8) is 0 Å². The minimum absolute atomic E-state index is 0.00728. The molecule has 1 heterocycles. The third kappa shape index (κ3) is 3.08. The molecule has 0 aliphatic carbocycles. The number of nitrogens with one attached hydrogen (secondary N) is 1. The molecule has 1 rings (SSSR count). The van der Waals surface area contributed by atoms with Gasteiger partial charge in [-0.05, 0) is 29.8 Å². The van der Waals surface area contributed by atoms with Crippen LogP contribution in [0.15, 0.2) is 9.37 Å². The lowest BCUT2D eigenvalue weighted by molar-refractivity contribution is 0.570. The molecule has 0 aromatic carbocycles. The van der Waals surface area contributed by atoms with Gasteiger partial charge in [-0.1, -0.05) is 23.2 Å². The Balaban J connectivity index is 3.27. The second-order valence-corrected chi connectivity index (χ2v) is 7.74. The fraction of sp³-hybridized carbons (Fsp3) is 0.429. The van der Waals surface area contributed by atoms with Crippen molar-refractivity contribution in [2.75, 3.05) is 0 Å². The van der Waals surface area contributed by atoms with Crippen molar-refractivity contribution in [2.24, 2.45) is 0 Å². The van der Waals surface area contributed by atoms with Crippen LogP contribution < -0.4 is 4.72 Å². The van der Waals surface area contributed by atoms with Crippen molar-refractivity contribution >= 4 is 60.5 Å². The summed E-state index contributed by atoms with van der Waals surface area (Å²) in [5, 5.41) is 0. The summed E-state index contributed by atoms with van der Waals surface area (Å²) in [6, 6.07) is -0.198. The molecule has 0 atom stereocenters. The third-order valence-electron chi connectivity index (χ3n) is 1.39. The molecule has 8 heteroatoms. The fourth-order valence-corrected chi connectivity index (χ4v) is 5.75. The van der Waals surface area contributed by atoms with Gasteiger partial charge in [-0.3, -0.25) is 0 Å². The first-order chi connectivity index (χ1) is 6.75. The van der Waals surface area contributed by atoms with Crippen LogP contribution in [0.1, 0.15) is 13.8 Å². The zero-order valence-electron chi connectivity index (χ0n) is 7.84. The van der Waals surface area contributed by atoms with Crippen LogP contribution in [0.2, 0.25) is 8.67 Å². The van der Waals surface area contributed by atoms with Crippen LogP contribution in [0.5, 0.6) is 0 Å². The molecule has 0 unspecified atom stereocenters. The van der Waals surface area contributed by atoms with E-state index in [9.17, 15) is 8.42 Å². The van der Waals surface area contributed by atoms with Gasteiger partial charge in [-0.15, -0.1) is 11.3 Å². The molecule has 0 saturated heterocycles. The summed E-state index contributed by atoms with van der Waals surface area (Å²) < 4.78 is 26.9. The molecular formula is C7H8BrCl2NO2S2. The van der Waals surface area contributed by atoms with E-state index in [0.717, 1.165) is 11.3 Å². The number of hydrogen-bond acceptors (Lipinski definition) is 3. The number of sulfonamides is 1. The molecule has 1 aromatic rings. The lowest BCUT2D eigenvalue weighted by Gasteiger charge is -2.08. The maximum absolute atomic E-state index is 11.8. The number of rotatable bonds is 3. The van der Waals surface area contributed by atoms with Crippen molar-refractivity contribution in [1.82, 2.24) is 4.72 Å². The zero-order valence-corrected chi connectivity index (χ0v) is 12.6. The molecule has 0 amide bonds. The monoisotopic (exact) mass is 351 g/mol. The zero-order chi connectivity index (χ0) is 11.8. The lowest BCUT2D eigenvalue weighted by Crippen LogP contribution is -2.30. The highest BCUT2D eigenvalue weighted by molar-refractivity contribution is 9.10. The molecule has 0 spiro atoms. The quantitative estimate of drug-likeness (QED) is 0.904. The Kier molecular flexibility index (Phi) is 4.48. The Morgan fingerprint density at radius 1 is 1.33 bits per heavy atom. The van der Waals surface area contributed by atoms with Crippen molar-refractivity contribution in [3.8, 4) is 0 Å². The molecule has 0 fully saturated rings. The van der Waals surface area contributed by atoms with Gasteiger partial charge < -0.3 is 0 Å². The Hall–Kier alpha value is 0.670. The molecule has 0 bridgehead atoms. The van der Waals surface area contributed by atoms with Gasteiger partial charge in [-0.2, -0.15) is 0 Å². The van der Waals surface area contributed by atoms with E-state index in [1.54, 1.807) is 13.8 Å². The number of thiophene rings is 1. The minimum Gasteiger partial charge on any atom is -0.209 e. The first kappa shape index (κ1) is 13.7. The van der Waals surface area contributed by atoms with Crippen LogP contribution in [-0.4, -0.2) is 14.5 Å². The molecule has 0 radical (unpaired) electrons. The van der Waals surface area contributed by atoms with Crippen LogP contribution in [0.25, 0.3) is 0 Å². The Labute approximate surface area is 111 Å².